The molecule has 1 unspecified atom stereocenters. The number of halogens is 6. The van der Waals surface area contributed by atoms with Crippen molar-refractivity contribution in [3.8, 4) is 11.3 Å². The lowest BCUT2D eigenvalue weighted by atomic mass is 9.91. The average molecular weight is 557 g/mol. The fraction of sp³-hybridized carbons (Fsp3) is 0.281. The Kier molecular flexibility index (Phi) is 8.28. The van der Waals surface area contributed by atoms with Gasteiger partial charge in [-0.1, -0.05) is 82.3 Å². The molecule has 3 aromatic carbocycles. The van der Waals surface area contributed by atoms with Crippen LogP contribution in [-0.2, 0) is 12.4 Å². The van der Waals surface area contributed by atoms with Gasteiger partial charge in [-0.25, -0.2) is 0 Å². The van der Waals surface area contributed by atoms with Crippen LogP contribution >= 0.6 is 0 Å². The minimum absolute atomic E-state index is 0.0121. The summed E-state index contributed by atoms with van der Waals surface area (Å²) < 4.78 is 81.2. The molecule has 1 aromatic heterocycles. The van der Waals surface area contributed by atoms with E-state index in [0.717, 1.165) is 22.4 Å². The van der Waals surface area contributed by atoms with E-state index in [1.807, 2.05) is 48.5 Å². The molecule has 0 spiro atoms. The van der Waals surface area contributed by atoms with E-state index >= 15 is 0 Å². The first-order chi connectivity index (χ1) is 18.8. The molecule has 8 heteroatoms. The highest BCUT2D eigenvalue weighted by molar-refractivity contribution is 5.64. The number of benzene rings is 3. The van der Waals surface area contributed by atoms with Crippen molar-refractivity contribution in [2.24, 2.45) is 0 Å². The topological polar surface area (TPSA) is 24.9 Å². The van der Waals surface area contributed by atoms with Gasteiger partial charge in [0.2, 0.25) is 0 Å². The summed E-state index contributed by atoms with van der Waals surface area (Å²) in [6.07, 6.45) is -9.90. The van der Waals surface area contributed by atoms with Crippen LogP contribution < -0.4 is 5.32 Å². The molecule has 4 rings (SSSR count). The normalized spacial score (nSPS) is 13.1. The minimum atomic E-state index is -4.95. The molecule has 0 fully saturated rings. The second-order valence-electron chi connectivity index (χ2n) is 10.4. The summed E-state index contributed by atoms with van der Waals surface area (Å²) in [6, 6.07) is 21.3. The van der Waals surface area contributed by atoms with Crippen molar-refractivity contribution >= 4 is 5.69 Å². The molecule has 0 radical (unpaired) electrons. The number of hydrogen-bond donors (Lipinski definition) is 1. The molecular weight excluding hydrogens is 526 g/mol. The summed E-state index contributed by atoms with van der Waals surface area (Å²) in [5.41, 5.74) is 1.42. The maximum atomic E-state index is 13.5. The van der Waals surface area contributed by atoms with Gasteiger partial charge in [0.1, 0.15) is 0 Å². The molecule has 0 saturated heterocycles. The van der Waals surface area contributed by atoms with Gasteiger partial charge in [0.25, 0.3) is 0 Å². The predicted molar refractivity (Wildman–Crippen MR) is 146 cm³/mol. The standard InChI is InChI=1S/C32H30F6N2/c1-19(2)25-12-8-13-26(20(3)4)30(25)40-29(21-10-6-5-7-11-21)28-15-9-14-27(39-28)22-16-23(31(33,34)35)18-24(17-22)32(36,37)38/h5-20,29,40H,1-4H3. The Bertz CT molecular complexity index is 1400. The molecule has 210 valence electrons. The van der Waals surface area contributed by atoms with E-state index in [9.17, 15) is 26.3 Å². The molecule has 0 bridgehead atoms. The van der Waals surface area contributed by atoms with Crippen LogP contribution in [0.1, 0.15) is 79.1 Å². The number of para-hydroxylation sites is 1. The van der Waals surface area contributed by atoms with E-state index in [2.05, 4.69) is 38.0 Å². The van der Waals surface area contributed by atoms with Gasteiger partial charge < -0.3 is 5.32 Å². The Balaban J connectivity index is 1.88. The second kappa shape index (κ2) is 11.4. The zero-order valence-electron chi connectivity index (χ0n) is 22.5. The maximum absolute atomic E-state index is 13.5. The fourth-order valence-electron chi connectivity index (χ4n) is 4.71. The van der Waals surface area contributed by atoms with E-state index in [4.69, 9.17) is 0 Å². The molecule has 0 amide bonds. The Morgan fingerprint density at radius 1 is 0.625 bits per heavy atom. The number of rotatable bonds is 7. The lowest BCUT2D eigenvalue weighted by Crippen LogP contribution is -2.17. The van der Waals surface area contributed by atoms with Crippen LogP contribution in [0.3, 0.4) is 0 Å². The third kappa shape index (κ3) is 6.49. The predicted octanol–water partition coefficient (Wildman–Crippen LogP) is 10.2. The van der Waals surface area contributed by atoms with Crippen LogP contribution in [0.2, 0.25) is 0 Å². The van der Waals surface area contributed by atoms with Gasteiger partial charge in [0.05, 0.1) is 28.6 Å². The molecular formula is C32H30F6N2. The first kappa shape index (κ1) is 29.2. The number of nitrogens with zero attached hydrogens (tertiary/aromatic N) is 1. The van der Waals surface area contributed by atoms with Crippen molar-refractivity contribution in [3.05, 3.63) is 118 Å². The Hall–Kier alpha value is -3.81. The van der Waals surface area contributed by atoms with Crippen molar-refractivity contribution in [2.75, 3.05) is 5.32 Å². The second-order valence-corrected chi connectivity index (χ2v) is 10.4. The van der Waals surface area contributed by atoms with E-state index < -0.39 is 29.5 Å². The lowest BCUT2D eigenvalue weighted by Gasteiger charge is -2.27. The number of alkyl halides is 6. The van der Waals surface area contributed by atoms with Gasteiger partial charge in [-0.05, 0) is 58.9 Å². The van der Waals surface area contributed by atoms with Crippen molar-refractivity contribution < 1.29 is 26.3 Å². The summed E-state index contributed by atoms with van der Waals surface area (Å²) in [6.45, 7) is 8.36. The van der Waals surface area contributed by atoms with Crippen LogP contribution in [0.4, 0.5) is 32.0 Å². The Morgan fingerprint density at radius 3 is 1.65 bits per heavy atom. The number of nitrogens with one attached hydrogen (secondary N) is 1. The fourth-order valence-corrected chi connectivity index (χ4v) is 4.71. The maximum Gasteiger partial charge on any atom is 0.416 e. The van der Waals surface area contributed by atoms with Crippen molar-refractivity contribution in [1.29, 1.82) is 0 Å². The Labute approximate surface area is 230 Å². The molecule has 1 N–H and O–H groups in total. The summed E-state index contributed by atoms with van der Waals surface area (Å²) in [5.74, 6) is 0.394. The molecule has 4 aromatic rings. The van der Waals surface area contributed by atoms with Gasteiger partial charge in [0.15, 0.2) is 0 Å². The molecule has 0 aliphatic rings. The molecule has 0 saturated carbocycles. The van der Waals surface area contributed by atoms with Gasteiger partial charge in [-0.3, -0.25) is 4.98 Å². The van der Waals surface area contributed by atoms with Crippen molar-refractivity contribution in [3.63, 3.8) is 0 Å². The van der Waals surface area contributed by atoms with Crippen LogP contribution in [0.15, 0.2) is 84.9 Å². The highest BCUT2D eigenvalue weighted by Crippen LogP contribution is 2.40. The van der Waals surface area contributed by atoms with Crippen LogP contribution in [0, 0.1) is 0 Å². The smallest absolute Gasteiger partial charge is 0.372 e. The highest BCUT2D eigenvalue weighted by atomic mass is 19.4. The molecule has 0 aliphatic carbocycles. The number of hydrogen-bond acceptors (Lipinski definition) is 2. The largest absolute Gasteiger partial charge is 0.416 e. The van der Waals surface area contributed by atoms with E-state index in [1.54, 1.807) is 12.1 Å². The van der Waals surface area contributed by atoms with Crippen molar-refractivity contribution in [1.82, 2.24) is 4.98 Å². The molecule has 40 heavy (non-hydrogen) atoms. The Morgan fingerprint density at radius 2 is 1.15 bits per heavy atom. The molecule has 1 atom stereocenters. The first-order valence-electron chi connectivity index (χ1n) is 13.0. The van der Waals surface area contributed by atoms with E-state index in [-0.39, 0.29) is 29.2 Å². The zero-order valence-corrected chi connectivity index (χ0v) is 22.5. The number of pyridine rings is 1. The van der Waals surface area contributed by atoms with Crippen LogP contribution in [0.25, 0.3) is 11.3 Å². The third-order valence-electron chi connectivity index (χ3n) is 6.74. The summed E-state index contributed by atoms with van der Waals surface area (Å²) >= 11 is 0. The van der Waals surface area contributed by atoms with Gasteiger partial charge in [-0.15, -0.1) is 0 Å². The lowest BCUT2D eigenvalue weighted by molar-refractivity contribution is -0.143. The molecule has 0 aliphatic heterocycles. The van der Waals surface area contributed by atoms with Gasteiger partial charge in [-0.2, -0.15) is 26.3 Å². The first-order valence-corrected chi connectivity index (χ1v) is 13.0. The van der Waals surface area contributed by atoms with Gasteiger partial charge in [0, 0.05) is 11.3 Å². The van der Waals surface area contributed by atoms with Crippen molar-refractivity contribution in [2.45, 2.75) is 57.9 Å². The van der Waals surface area contributed by atoms with E-state index in [1.165, 1.54) is 6.07 Å². The molecule has 1 heterocycles. The SMILES string of the molecule is CC(C)c1cccc(C(C)C)c1NC(c1ccccc1)c1cccc(-c2cc(C(F)(F)F)cc(C(F)(F)F)c2)n1. The van der Waals surface area contributed by atoms with Gasteiger partial charge >= 0.3 is 12.4 Å². The van der Waals surface area contributed by atoms with E-state index in [0.29, 0.717) is 17.8 Å². The quantitative estimate of drug-likeness (QED) is 0.229. The van der Waals surface area contributed by atoms with Crippen LogP contribution in [-0.4, -0.2) is 4.98 Å². The highest BCUT2D eigenvalue weighted by Gasteiger charge is 2.37. The molecule has 2 nitrogen and oxygen atoms in total. The summed E-state index contributed by atoms with van der Waals surface area (Å²) in [7, 11) is 0. The number of aromatic nitrogens is 1. The monoisotopic (exact) mass is 556 g/mol. The van der Waals surface area contributed by atoms with Crippen LogP contribution in [0.5, 0.6) is 0 Å². The summed E-state index contributed by atoms with van der Waals surface area (Å²) in [4.78, 5) is 4.61. The average Bonchev–Trinajstić information content (AvgIpc) is 2.90. The third-order valence-corrected chi connectivity index (χ3v) is 6.74. The minimum Gasteiger partial charge on any atom is -0.372 e. The number of anilines is 1. The zero-order chi connectivity index (χ0) is 29.2. The summed E-state index contributed by atoms with van der Waals surface area (Å²) in [5, 5.41) is 3.64.